The molecule has 0 aliphatic rings. The van der Waals surface area contributed by atoms with Crippen LogP contribution >= 0.6 is 0 Å². The number of carbonyl (C=O) groups is 2. The Morgan fingerprint density at radius 1 is 0.625 bits per heavy atom. The first-order valence-corrected chi connectivity index (χ1v) is 17.3. The number of ether oxygens (including phenoxy) is 1. The lowest BCUT2D eigenvalue weighted by atomic mass is 10.0. The third-order valence-electron chi connectivity index (χ3n) is 7.94. The topological polar surface area (TPSA) is 63.6 Å². The Hall–Kier alpha value is -1.58. The number of allylic oxidation sites excluding steroid dienone is 2. The molecule has 0 heterocycles. The minimum atomic E-state index is -0.949. The fraction of sp³-hybridized carbons (Fsp3) is 0.833. The summed E-state index contributed by atoms with van der Waals surface area (Å²) < 4.78 is 4.89. The van der Waals surface area contributed by atoms with Gasteiger partial charge < -0.3 is 9.84 Å². The summed E-state index contributed by atoms with van der Waals surface area (Å²) in [5, 5.41) is 9.28. The second kappa shape index (κ2) is 31.9. The highest BCUT2D eigenvalue weighted by atomic mass is 16.5. The minimum Gasteiger partial charge on any atom is -0.481 e. The van der Waals surface area contributed by atoms with Crippen molar-refractivity contribution in [1.29, 1.82) is 0 Å². The summed E-state index contributed by atoms with van der Waals surface area (Å²) in [5.74, 6) is -2.14. The second-order valence-corrected chi connectivity index (χ2v) is 11.8. The summed E-state index contributed by atoms with van der Waals surface area (Å²) in [6.07, 6.45) is 40.3. The first kappa shape index (κ1) is 38.4. The highest BCUT2D eigenvalue weighted by Gasteiger charge is 2.20. The zero-order valence-electron chi connectivity index (χ0n) is 26.5. The third-order valence-corrected chi connectivity index (χ3v) is 7.94. The predicted octanol–water partition coefficient (Wildman–Crippen LogP) is 11.5. The zero-order valence-corrected chi connectivity index (χ0v) is 26.5. The van der Waals surface area contributed by atoms with E-state index >= 15 is 0 Å². The van der Waals surface area contributed by atoms with Gasteiger partial charge in [-0.05, 0) is 19.3 Å². The van der Waals surface area contributed by atoms with E-state index in [0.29, 0.717) is 6.42 Å². The summed E-state index contributed by atoms with van der Waals surface area (Å²) in [6, 6.07) is 0. The average Bonchev–Trinajstić information content (AvgIpc) is 2.94. The lowest BCUT2D eigenvalue weighted by Crippen LogP contribution is -2.19. The van der Waals surface area contributed by atoms with Crippen LogP contribution in [-0.4, -0.2) is 23.7 Å². The molecule has 0 aromatic heterocycles. The summed E-state index contributed by atoms with van der Waals surface area (Å²) in [4.78, 5) is 22.9. The number of carbonyl (C=O) groups excluding carboxylic acids is 1. The first-order chi connectivity index (χ1) is 19.6. The molecule has 4 nitrogen and oxygen atoms in total. The molecular formula is C36H66O4. The highest BCUT2D eigenvalue weighted by molar-refractivity contribution is 5.78. The maximum atomic E-state index is 11.6. The monoisotopic (exact) mass is 562 g/mol. The van der Waals surface area contributed by atoms with Crippen LogP contribution in [0.15, 0.2) is 24.8 Å². The molecule has 0 radical (unpaired) electrons. The van der Waals surface area contributed by atoms with Crippen LogP contribution in [-0.2, 0) is 14.3 Å². The number of rotatable bonds is 32. The lowest BCUT2D eigenvalue weighted by molar-refractivity contribution is -0.150. The fourth-order valence-electron chi connectivity index (χ4n) is 5.29. The van der Waals surface area contributed by atoms with E-state index in [2.05, 4.69) is 19.6 Å². The van der Waals surface area contributed by atoms with E-state index < -0.39 is 17.9 Å². The molecule has 0 aliphatic heterocycles. The molecular weight excluding hydrogens is 496 g/mol. The number of esters is 1. The van der Waals surface area contributed by atoms with Crippen molar-refractivity contribution in [3.63, 3.8) is 0 Å². The normalized spacial score (nSPS) is 12.1. The van der Waals surface area contributed by atoms with Crippen molar-refractivity contribution in [3.05, 3.63) is 24.8 Å². The van der Waals surface area contributed by atoms with Gasteiger partial charge in [-0.25, -0.2) is 0 Å². The first-order valence-electron chi connectivity index (χ1n) is 17.3. The van der Waals surface area contributed by atoms with E-state index in [9.17, 15) is 14.7 Å². The number of hydrogen-bond donors (Lipinski definition) is 1. The molecule has 0 rings (SSSR count). The summed E-state index contributed by atoms with van der Waals surface area (Å²) in [7, 11) is 0. The Balaban J connectivity index is 3.32. The van der Waals surface area contributed by atoms with Crippen LogP contribution in [0.5, 0.6) is 0 Å². The third kappa shape index (κ3) is 29.4. The van der Waals surface area contributed by atoms with Gasteiger partial charge in [-0.1, -0.05) is 179 Å². The standard InChI is InChI=1S/C36H66O4/c1-3-5-6-7-8-9-10-11-12-13-14-15-16-17-18-19-20-21-22-23-24-25-26-27-28-29-30-31-34(36(38)39)33-35(37)40-32-4-2/h4,29-30,34H,2-3,5-28,31-33H2,1H3,(H,38,39)/b30-29+. The summed E-state index contributed by atoms with van der Waals surface area (Å²) in [6.45, 7) is 5.90. The van der Waals surface area contributed by atoms with E-state index in [1.807, 2.05) is 6.08 Å². The van der Waals surface area contributed by atoms with E-state index in [1.165, 1.54) is 154 Å². The molecule has 0 saturated heterocycles. The van der Waals surface area contributed by atoms with Crippen molar-refractivity contribution in [3.8, 4) is 0 Å². The van der Waals surface area contributed by atoms with Crippen LogP contribution in [0.1, 0.15) is 180 Å². The van der Waals surface area contributed by atoms with Gasteiger partial charge >= 0.3 is 11.9 Å². The fourth-order valence-corrected chi connectivity index (χ4v) is 5.29. The quantitative estimate of drug-likeness (QED) is 0.0503. The largest absolute Gasteiger partial charge is 0.481 e. The van der Waals surface area contributed by atoms with Gasteiger partial charge in [0.05, 0.1) is 12.3 Å². The molecule has 0 aliphatic carbocycles. The van der Waals surface area contributed by atoms with Crippen LogP contribution in [0.3, 0.4) is 0 Å². The van der Waals surface area contributed by atoms with Crippen molar-refractivity contribution >= 4 is 11.9 Å². The molecule has 234 valence electrons. The van der Waals surface area contributed by atoms with E-state index in [1.54, 1.807) is 0 Å². The molecule has 0 saturated carbocycles. The van der Waals surface area contributed by atoms with Crippen molar-refractivity contribution in [2.45, 2.75) is 180 Å². The van der Waals surface area contributed by atoms with Gasteiger partial charge in [-0.15, -0.1) is 0 Å². The van der Waals surface area contributed by atoms with Crippen LogP contribution in [0.4, 0.5) is 0 Å². The number of carboxylic acid groups (broad SMARTS) is 1. The average molecular weight is 563 g/mol. The van der Waals surface area contributed by atoms with E-state index in [-0.39, 0.29) is 13.0 Å². The Kier molecular flexibility index (Phi) is 30.7. The van der Waals surface area contributed by atoms with Gasteiger partial charge in [0, 0.05) is 0 Å². The summed E-state index contributed by atoms with van der Waals surface area (Å²) in [5.41, 5.74) is 0. The summed E-state index contributed by atoms with van der Waals surface area (Å²) >= 11 is 0. The van der Waals surface area contributed by atoms with Gasteiger partial charge in [0.1, 0.15) is 6.61 Å². The zero-order chi connectivity index (χ0) is 29.4. The van der Waals surface area contributed by atoms with Crippen LogP contribution in [0, 0.1) is 5.92 Å². The minimum absolute atomic E-state index is 0.0903. The second-order valence-electron chi connectivity index (χ2n) is 11.8. The van der Waals surface area contributed by atoms with Gasteiger partial charge in [-0.3, -0.25) is 9.59 Å². The van der Waals surface area contributed by atoms with Crippen molar-refractivity contribution in [2.24, 2.45) is 5.92 Å². The van der Waals surface area contributed by atoms with E-state index in [4.69, 9.17) is 4.74 Å². The lowest BCUT2D eigenvalue weighted by Gasteiger charge is -2.09. The number of unbranched alkanes of at least 4 members (excludes halogenated alkanes) is 24. The molecule has 1 unspecified atom stereocenters. The van der Waals surface area contributed by atoms with Gasteiger partial charge in [-0.2, -0.15) is 0 Å². The maximum Gasteiger partial charge on any atom is 0.307 e. The Bertz CT molecular complexity index is 598. The molecule has 1 atom stereocenters. The van der Waals surface area contributed by atoms with Gasteiger partial charge in [0.2, 0.25) is 0 Å². The Labute approximate surface area is 248 Å². The smallest absolute Gasteiger partial charge is 0.307 e. The van der Waals surface area contributed by atoms with Crippen molar-refractivity contribution in [1.82, 2.24) is 0 Å². The van der Waals surface area contributed by atoms with Crippen molar-refractivity contribution < 1.29 is 19.4 Å². The molecule has 0 aromatic carbocycles. The Morgan fingerprint density at radius 3 is 1.35 bits per heavy atom. The molecule has 0 spiro atoms. The molecule has 0 fully saturated rings. The van der Waals surface area contributed by atoms with Crippen LogP contribution < -0.4 is 0 Å². The molecule has 4 heteroatoms. The highest BCUT2D eigenvalue weighted by Crippen LogP contribution is 2.16. The predicted molar refractivity (Wildman–Crippen MR) is 172 cm³/mol. The number of carboxylic acids is 1. The van der Waals surface area contributed by atoms with Gasteiger partial charge in [0.25, 0.3) is 0 Å². The van der Waals surface area contributed by atoms with Crippen LogP contribution in [0.25, 0.3) is 0 Å². The van der Waals surface area contributed by atoms with E-state index in [0.717, 1.165) is 12.8 Å². The Morgan fingerprint density at radius 2 is 1.00 bits per heavy atom. The number of hydrogen-bond acceptors (Lipinski definition) is 3. The molecule has 0 aromatic rings. The van der Waals surface area contributed by atoms with Gasteiger partial charge in [0.15, 0.2) is 0 Å². The maximum absolute atomic E-state index is 11.6. The molecule has 40 heavy (non-hydrogen) atoms. The SMILES string of the molecule is C=CCOC(=O)CC(C/C=C/CCCCCCCCCCCCCCCCCCCCCCCCCC)C(=O)O. The van der Waals surface area contributed by atoms with Crippen LogP contribution in [0.2, 0.25) is 0 Å². The molecule has 0 amide bonds. The number of aliphatic carboxylic acids is 1. The van der Waals surface area contributed by atoms with Crippen molar-refractivity contribution in [2.75, 3.05) is 6.61 Å². The molecule has 1 N–H and O–H groups in total. The molecule has 0 bridgehead atoms.